The smallest absolute Gasteiger partial charge is 0.332 e. The van der Waals surface area contributed by atoms with Crippen LogP contribution >= 0.6 is 23.5 Å². The summed E-state index contributed by atoms with van der Waals surface area (Å²) in [7, 11) is 0. The molecule has 0 aromatic heterocycles. The first-order chi connectivity index (χ1) is 31.0. The molecule has 6 aromatic rings. The summed E-state index contributed by atoms with van der Waals surface area (Å²) in [5, 5.41) is 22.2. The van der Waals surface area contributed by atoms with Crippen LogP contribution in [-0.2, 0) is 38.1 Å². The summed E-state index contributed by atoms with van der Waals surface area (Å²) in [6.45, 7) is 2.74. The van der Waals surface area contributed by atoms with E-state index in [0.717, 1.165) is 33.4 Å². The van der Waals surface area contributed by atoms with Crippen LogP contribution in [0.3, 0.4) is 0 Å². The third-order valence-corrected chi connectivity index (χ3v) is 13.3. The van der Waals surface area contributed by atoms with Gasteiger partial charge in [0, 0.05) is 30.2 Å². The largest absolute Gasteiger partial charge is 0.480 e. The standard InChI is InChI=1S/C30H31NO6S.C22H21NO2S/c1-22(20-28(33)37-19-18-36-23(2)32)31-27(29(34)35)21-38-30(24-12-6-3-7-13-24,25-14-8-4-9-15-25)26-16-10-5-11-17-26;23-20(21(24)25)16-26-22(17-10-4-1-5-11-17,18-12-6-2-7-13-18)19-14-8-3-9-15-19/h3-17,20,27,31H,18-19,21H2,1-2H3,(H,34,35);1-15,20H,16,23H2,(H,24,25)/b22-20-;/t27-;20-/m11/s1. The van der Waals surface area contributed by atoms with Crippen LogP contribution in [-0.4, -0.2) is 70.9 Å². The molecule has 2 atom stereocenters. The molecular formula is C52H52N2O8S2. The van der Waals surface area contributed by atoms with Crippen LogP contribution in [0.15, 0.2) is 194 Å². The SMILES string of the molecule is CC(=O)OCCOC(=O)/C=C(/C)N[C@H](CSC(c1ccccc1)(c1ccccc1)c1ccccc1)C(=O)O.N[C@H](CSC(c1ccccc1)(c1ccccc1)c1ccccc1)C(=O)O. The predicted octanol–water partition coefficient (Wildman–Crippen LogP) is 8.89. The molecule has 12 heteroatoms. The first kappa shape index (κ1) is 48.4. The Labute approximate surface area is 382 Å². The Balaban J connectivity index is 0.000000258. The van der Waals surface area contributed by atoms with Crippen molar-refractivity contribution in [3.05, 3.63) is 227 Å². The molecule has 0 bridgehead atoms. The highest BCUT2D eigenvalue weighted by molar-refractivity contribution is 8.01. The van der Waals surface area contributed by atoms with Crippen LogP contribution in [0.4, 0.5) is 0 Å². The number of benzene rings is 6. The molecular weight excluding hydrogens is 845 g/mol. The Morgan fingerprint density at radius 1 is 0.531 bits per heavy atom. The second kappa shape index (κ2) is 24.3. The summed E-state index contributed by atoms with van der Waals surface area (Å²) in [6, 6.07) is 58.6. The number of hydrogen-bond acceptors (Lipinski definition) is 10. The average molecular weight is 897 g/mol. The van der Waals surface area contributed by atoms with Gasteiger partial charge in [-0.2, -0.15) is 0 Å². The van der Waals surface area contributed by atoms with E-state index < -0.39 is 45.5 Å². The monoisotopic (exact) mass is 896 g/mol. The second-order valence-corrected chi connectivity index (χ2v) is 17.0. The lowest BCUT2D eigenvalue weighted by atomic mass is 9.84. The Hall–Kier alpha value is -6.60. The molecule has 330 valence electrons. The zero-order valence-electron chi connectivity index (χ0n) is 35.6. The van der Waals surface area contributed by atoms with E-state index in [-0.39, 0.29) is 19.0 Å². The third-order valence-electron chi connectivity index (χ3n) is 10.0. The molecule has 0 unspecified atom stereocenters. The van der Waals surface area contributed by atoms with Crippen molar-refractivity contribution in [3.63, 3.8) is 0 Å². The molecule has 0 fully saturated rings. The fourth-order valence-corrected chi connectivity index (χ4v) is 10.1. The molecule has 0 amide bonds. The molecule has 0 saturated heterocycles. The van der Waals surface area contributed by atoms with Gasteiger partial charge in [-0.15, -0.1) is 23.5 Å². The summed E-state index contributed by atoms with van der Waals surface area (Å²) in [5.74, 6) is -2.66. The van der Waals surface area contributed by atoms with E-state index in [9.17, 15) is 29.4 Å². The normalized spacial score (nSPS) is 12.4. The van der Waals surface area contributed by atoms with Gasteiger partial charge in [-0.25, -0.2) is 9.59 Å². The quantitative estimate of drug-likeness (QED) is 0.0249. The molecule has 5 N–H and O–H groups in total. The van der Waals surface area contributed by atoms with E-state index in [1.54, 1.807) is 18.7 Å². The Morgan fingerprint density at radius 2 is 0.844 bits per heavy atom. The molecule has 6 aromatic carbocycles. The Bertz CT molecular complexity index is 2210. The van der Waals surface area contributed by atoms with Crippen molar-refractivity contribution in [3.8, 4) is 0 Å². The third kappa shape index (κ3) is 13.0. The number of aliphatic carboxylic acids is 2. The van der Waals surface area contributed by atoms with Gasteiger partial charge < -0.3 is 30.7 Å². The Morgan fingerprint density at radius 3 is 1.14 bits per heavy atom. The number of allylic oxidation sites excluding steroid dienone is 1. The molecule has 0 heterocycles. The minimum Gasteiger partial charge on any atom is -0.480 e. The zero-order chi connectivity index (χ0) is 45.8. The lowest BCUT2D eigenvalue weighted by Gasteiger charge is -2.36. The summed E-state index contributed by atoms with van der Waals surface area (Å²) >= 11 is 3.07. The minimum atomic E-state index is -1.04. The van der Waals surface area contributed by atoms with Crippen molar-refractivity contribution in [1.29, 1.82) is 0 Å². The van der Waals surface area contributed by atoms with Crippen LogP contribution in [0.5, 0.6) is 0 Å². The molecule has 0 saturated carbocycles. The number of carboxylic acid groups (broad SMARTS) is 2. The van der Waals surface area contributed by atoms with Crippen molar-refractivity contribution in [2.45, 2.75) is 35.4 Å². The van der Waals surface area contributed by atoms with Crippen LogP contribution in [0.2, 0.25) is 0 Å². The van der Waals surface area contributed by atoms with E-state index >= 15 is 0 Å². The molecule has 0 aliphatic rings. The van der Waals surface area contributed by atoms with Gasteiger partial charge in [-0.05, 0) is 40.3 Å². The van der Waals surface area contributed by atoms with E-state index in [4.69, 9.17) is 15.2 Å². The molecule has 0 aliphatic heterocycles. The maximum absolute atomic E-state index is 12.3. The summed E-state index contributed by atoms with van der Waals surface area (Å²) in [4.78, 5) is 46.4. The number of thioether (sulfide) groups is 2. The number of nitrogens with one attached hydrogen (secondary N) is 1. The molecule has 0 spiro atoms. The highest BCUT2D eigenvalue weighted by Crippen LogP contribution is 2.50. The summed E-state index contributed by atoms with van der Waals surface area (Å²) in [5.41, 5.74) is 12.5. The van der Waals surface area contributed by atoms with Gasteiger partial charge in [-0.3, -0.25) is 9.59 Å². The van der Waals surface area contributed by atoms with Crippen LogP contribution in [0, 0.1) is 0 Å². The first-order valence-corrected chi connectivity index (χ1v) is 22.5. The van der Waals surface area contributed by atoms with Gasteiger partial charge in [-0.1, -0.05) is 182 Å². The van der Waals surface area contributed by atoms with Gasteiger partial charge >= 0.3 is 23.9 Å². The maximum Gasteiger partial charge on any atom is 0.332 e. The number of carbonyl (C=O) groups is 4. The summed E-state index contributed by atoms with van der Waals surface area (Å²) in [6.07, 6.45) is 1.19. The van der Waals surface area contributed by atoms with Crippen LogP contribution < -0.4 is 11.1 Å². The number of ether oxygens (including phenoxy) is 2. The lowest BCUT2D eigenvalue weighted by molar-refractivity contribution is -0.147. The number of rotatable bonds is 20. The maximum atomic E-state index is 12.3. The second-order valence-electron chi connectivity index (χ2n) is 14.5. The van der Waals surface area contributed by atoms with Crippen molar-refractivity contribution >= 4 is 47.4 Å². The van der Waals surface area contributed by atoms with Gasteiger partial charge in [0.1, 0.15) is 25.3 Å². The van der Waals surface area contributed by atoms with Crippen LogP contribution in [0.25, 0.3) is 0 Å². The van der Waals surface area contributed by atoms with Gasteiger partial charge in [0.25, 0.3) is 0 Å². The number of carboxylic acids is 2. The average Bonchev–Trinajstić information content (AvgIpc) is 3.32. The van der Waals surface area contributed by atoms with Gasteiger partial charge in [0.2, 0.25) is 0 Å². The van der Waals surface area contributed by atoms with Gasteiger partial charge in [0.15, 0.2) is 0 Å². The molecule has 0 radical (unpaired) electrons. The number of nitrogens with two attached hydrogens (primary N) is 1. The van der Waals surface area contributed by atoms with Crippen molar-refractivity contribution in [1.82, 2.24) is 5.32 Å². The topological polar surface area (TPSA) is 165 Å². The summed E-state index contributed by atoms with van der Waals surface area (Å²) < 4.78 is 8.54. The van der Waals surface area contributed by atoms with Crippen molar-refractivity contribution in [2.24, 2.45) is 5.73 Å². The molecule has 0 aliphatic carbocycles. The van der Waals surface area contributed by atoms with Crippen LogP contribution in [0.1, 0.15) is 47.2 Å². The fraction of sp³-hybridized carbons (Fsp3) is 0.192. The molecule has 64 heavy (non-hydrogen) atoms. The number of carbonyl (C=O) groups excluding carboxylic acids is 2. The predicted molar refractivity (Wildman–Crippen MR) is 255 cm³/mol. The minimum absolute atomic E-state index is 0.0453. The van der Waals surface area contributed by atoms with Crippen molar-refractivity contribution in [2.75, 3.05) is 24.7 Å². The zero-order valence-corrected chi connectivity index (χ0v) is 37.3. The number of esters is 2. The highest BCUT2D eigenvalue weighted by Gasteiger charge is 2.39. The van der Waals surface area contributed by atoms with E-state index in [1.807, 2.05) is 146 Å². The van der Waals surface area contributed by atoms with E-state index in [2.05, 4.69) is 41.7 Å². The molecule has 6 rings (SSSR count). The van der Waals surface area contributed by atoms with Gasteiger partial charge in [0.05, 0.1) is 9.49 Å². The Kier molecular flexibility index (Phi) is 18.4. The van der Waals surface area contributed by atoms with Crippen molar-refractivity contribution < 1.29 is 38.9 Å². The van der Waals surface area contributed by atoms with E-state index in [1.165, 1.54) is 24.8 Å². The highest BCUT2D eigenvalue weighted by atomic mass is 32.2. The fourth-order valence-electron chi connectivity index (χ4n) is 7.07. The first-order valence-electron chi connectivity index (χ1n) is 20.5. The lowest BCUT2D eigenvalue weighted by Crippen LogP contribution is -2.40. The number of hydrogen-bond donors (Lipinski definition) is 4. The van der Waals surface area contributed by atoms with E-state index in [0.29, 0.717) is 11.4 Å². The molecule has 10 nitrogen and oxygen atoms in total.